The van der Waals surface area contributed by atoms with Gasteiger partial charge in [-0.1, -0.05) is 50.2 Å². The molecule has 0 aliphatic heterocycles. The second-order valence-corrected chi connectivity index (χ2v) is 10.9. The fraction of sp³-hybridized carbons (Fsp3) is 0.381. The molecule has 2 aromatic rings. The number of benzene rings is 2. The molecule has 0 radical (unpaired) electrons. The molecular weight excluding hydrogens is 444 g/mol. The summed E-state index contributed by atoms with van der Waals surface area (Å²) in [4.78, 5) is 4.61. The Balaban J connectivity index is 0.000000758. The van der Waals surface area contributed by atoms with Gasteiger partial charge in [-0.2, -0.15) is 0 Å². The van der Waals surface area contributed by atoms with E-state index in [0.717, 1.165) is 16.7 Å². The van der Waals surface area contributed by atoms with E-state index in [1.807, 2.05) is 30.5 Å². The molecular formula is C21H25Cl2NOZr. The Bertz CT molecular complexity index is 743. The SMILES string of the molecule is Cc1cc(C=NC2CCC2)c(O)c(C(C)(C)c2ccccc2)c1.[Cl][Zr][Cl]. The van der Waals surface area contributed by atoms with Gasteiger partial charge in [-0.15, -0.1) is 0 Å². The van der Waals surface area contributed by atoms with Gasteiger partial charge in [0.1, 0.15) is 5.75 Å². The molecule has 0 spiro atoms. The minimum atomic E-state index is -0.826. The Kier molecular flexibility index (Phi) is 8.39. The van der Waals surface area contributed by atoms with Gasteiger partial charge in [-0.25, -0.2) is 0 Å². The molecule has 0 amide bonds. The molecule has 1 aliphatic carbocycles. The second-order valence-electron chi connectivity index (χ2n) is 7.18. The third kappa shape index (κ3) is 5.44. The van der Waals surface area contributed by atoms with Crippen LogP contribution < -0.4 is 0 Å². The number of aliphatic imine (C=N–C) groups is 1. The van der Waals surface area contributed by atoms with Gasteiger partial charge in [0.25, 0.3) is 0 Å². The zero-order valence-corrected chi connectivity index (χ0v) is 19.4. The molecule has 0 atom stereocenters. The molecule has 0 saturated heterocycles. The summed E-state index contributed by atoms with van der Waals surface area (Å²) in [7, 11) is 9.87. The van der Waals surface area contributed by atoms with Gasteiger partial charge in [0.05, 0.1) is 0 Å². The number of nitrogens with zero attached hydrogens (tertiary/aromatic N) is 1. The molecule has 1 fully saturated rings. The van der Waals surface area contributed by atoms with E-state index in [2.05, 4.69) is 44.0 Å². The van der Waals surface area contributed by atoms with Gasteiger partial charge in [-0.3, -0.25) is 4.99 Å². The van der Waals surface area contributed by atoms with Crippen molar-refractivity contribution in [2.75, 3.05) is 0 Å². The third-order valence-corrected chi connectivity index (χ3v) is 4.95. The fourth-order valence-corrected chi connectivity index (χ4v) is 3.11. The van der Waals surface area contributed by atoms with Crippen molar-refractivity contribution < 1.29 is 26.0 Å². The van der Waals surface area contributed by atoms with Crippen LogP contribution >= 0.6 is 17.0 Å². The van der Waals surface area contributed by atoms with E-state index in [1.54, 1.807) is 0 Å². The van der Waals surface area contributed by atoms with Crippen molar-refractivity contribution >= 4 is 23.2 Å². The number of rotatable bonds is 4. The number of hydrogen-bond acceptors (Lipinski definition) is 2. The summed E-state index contributed by atoms with van der Waals surface area (Å²) in [6, 6.07) is 14.9. The van der Waals surface area contributed by atoms with Crippen LogP contribution in [0.4, 0.5) is 0 Å². The van der Waals surface area contributed by atoms with Crippen LogP contribution in [0.3, 0.4) is 0 Å². The van der Waals surface area contributed by atoms with Crippen LogP contribution in [0.25, 0.3) is 0 Å². The molecule has 0 unspecified atom stereocenters. The molecule has 26 heavy (non-hydrogen) atoms. The zero-order valence-electron chi connectivity index (χ0n) is 15.5. The van der Waals surface area contributed by atoms with E-state index in [4.69, 9.17) is 17.0 Å². The van der Waals surface area contributed by atoms with Gasteiger partial charge in [0, 0.05) is 28.8 Å². The van der Waals surface area contributed by atoms with Crippen LogP contribution in [0.1, 0.15) is 55.4 Å². The molecule has 1 aliphatic rings. The first-order chi connectivity index (χ1) is 12.4. The van der Waals surface area contributed by atoms with Crippen LogP contribution in [0.5, 0.6) is 5.75 Å². The van der Waals surface area contributed by atoms with Gasteiger partial charge in [-0.05, 0) is 43.4 Å². The summed E-state index contributed by atoms with van der Waals surface area (Å²) in [5.41, 5.74) is 3.88. The van der Waals surface area contributed by atoms with E-state index in [9.17, 15) is 5.11 Å². The van der Waals surface area contributed by atoms with Gasteiger partial charge in [0.15, 0.2) is 0 Å². The molecule has 1 saturated carbocycles. The summed E-state index contributed by atoms with van der Waals surface area (Å²) in [6.07, 6.45) is 5.47. The summed E-state index contributed by atoms with van der Waals surface area (Å²) in [5.74, 6) is 0.354. The number of phenols is 1. The second kappa shape index (κ2) is 10.1. The average Bonchev–Trinajstić information content (AvgIpc) is 2.57. The Labute approximate surface area is 175 Å². The van der Waals surface area contributed by atoms with Crippen LogP contribution in [0.15, 0.2) is 47.5 Å². The minimum absolute atomic E-state index is 0.254. The molecule has 2 nitrogen and oxygen atoms in total. The van der Waals surface area contributed by atoms with Crippen molar-refractivity contribution in [2.24, 2.45) is 4.99 Å². The number of hydrogen-bond donors (Lipinski definition) is 1. The zero-order chi connectivity index (χ0) is 19.2. The normalized spacial score (nSPS) is 14.5. The van der Waals surface area contributed by atoms with Gasteiger partial charge in [0.2, 0.25) is 0 Å². The van der Waals surface area contributed by atoms with Crippen molar-refractivity contribution in [2.45, 2.75) is 51.5 Å². The molecule has 5 heteroatoms. The monoisotopic (exact) mass is 467 g/mol. The number of phenolic OH excluding ortho intramolecular Hbond substituents is 1. The van der Waals surface area contributed by atoms with Crippen LogP contribution in [0.2, 0.25) is 0 Å². The summed E-state index contributed by atoms with van der Waals surface area (Å²) >= 11 is -0.826. The molecule has 1 N–H and O–H groups in total. The van der Waals surface area contributed by atoms with Crippen molar-refractivity contribution in [3.8, 4) is 5.75 Å². The van der Waals surface area contributed by atoms with Crippen molar-refractivity contribution in [3.05, 3.63) is 64.7 Å². The van der Waals surface area contributed by atoms with E-state index in [-0.39, 0.29) is 5.41 Å². The number of halogens is 2. The standard InChI is InChI=1S/C21H25NO.2ClH.Zr/c1-15-12-16(14-22-18-10-7-11-18)20(23)19(13-15)21(2,3)17-8-5-4-6-9-17;;;/h4-6,8-9,12-14,18,23H,7,10-11H2,1-3H3;2*1H;/q;;;+2/p-2. The van der Waals surface area contributed by atoms with E-state index in [1.165, 1.54) is 24.8 Å². The molecule has 0 aromatic heterocycles. The molecule has 3 rings (SSSR count). The maximum absolute atomic E-state index is 10.8. The Morgan fingerprint density at radius 3 is 2.31 bits per heavy atom. The van der Waals surface area contributed by atoms with Crippen LogP contribution in [-0.4, -0.2) is 17.4 Å². The maximum atomic E-state index is 10.8. The van der Waals surface area contributed by atoms with Crippen LogP contribution in [0, 0.1) is 6.92 Å². The Hall–Kier alpha value is -0.627. The summed E-state index contributed by atoms with van der Waals surface area (Å²) < 4.78 is 0. The fourth-order valence-electron chi connectivity index (χ4n) is 3.11. The first-order valence-electron chi connectivity index (χ1n) is 8.79. The Morgan fingerprint density at radius 1 is 1.15 bits per heavy atom. The average molecular weight is 470 g/mol. The van der Waals surface area contributed by atoms with E-state index < -0.39 is 20.8 Å². The molecule has 2 aromatic carbocycles. The summed E-state index contributed by atoms with van der Waals surface area (Å²) in [6.45, 7) is 6.39. The number of aromatic hydroxyl groups is 1. The number of aryl methyl sites for hydroxylation is 1. The Morgan fingerprint density at radius 2 is 1.77 bits per heavy atom. The van der Waals surface area contributed by atoms with Gasteiger partial charge >= 0.3 is 37.9 Å². The van der Waals surface area contributed by atoms with E-state index >= 15 is 0 Å². The predicted octanol–water partition coefficient (Wildman–Crippen LogP) is 6.37. The third-order valence-electron chi connectivity index (χ3n) is 4.95. The van der Waals surface area contributed by atoms with Crippen molar-refractivity contribution in [1.29, 1.82) is 0 Å². The van der Waals surface area contributed by atoms with Crippen molar-refractivity contribution in [1.82, 2.24) is 0 Å². The first kappa shape index (κ1) is 21.7. The first-order valence-corrected chi connectivity index (χ1v) is 15.1. The quantitative estimate of drug-likeness (QED) is 0.518. The predicted molar refractivity (Wildman–Crippen MR) is 108 cm³/mol. The van der Waals surface area contributed by atoms with Gasteiger partial charge < -0.3 is 5.11 Å². The summed E-state index contributed by atoms with van der Waals surface area (Å²) in [5, 5.41) is 10.8. The molecule has 0 bridgehead atoms. The van der Waals surface area contributed by atoms with Crippen molar-refractivity contribution in [3.63, 3.8) is 0 Å². The van der Waals surface area contributed by atoms with Crippen LogP contribution in [-0.2, 0) is 26.3 Å². The van der Waals surface area contributed by atoms with E-state index in [0.29, 0.717) is 11.8 Å². The molecule has 138 valence electrons. The topological polar surface area (TPSA) is 32.6 Å². The molecule has 0 heterocycles.